The maximum absolute atomic E-state index is 11.3. The number of benzene rings is 1. The van der Waals surface area contributed by atoms with Gasteiger partial charge in [0, 0.05) is 6.04 Å². The molecule has 2 atom stereocenters. The van der Waals surface area contributed by atoms with Crippen LogP contribution in [0.1, 0.15) is 26.7 Å². The number of ether oxygens (including phenoxy) is 1. The fourth-order valence-electron chi connectivity index (χ4n) is 2.66. The van der Waals surface area contributed by atoms with Gasteiger partial charge in [-0.1, -0.05) is 11.6 Å². The second-order valence-electron chi connectivity index (χ2n) is 5.64. The fraction of sp³-hybridized carbons (Fsp3) is 0.571. The van der Waals surface area contributed by atoms with Gasteiger partial charge in [0.15, 0.2) is 0 Å². The Morgan fingerprint density at radius 3 is 2.43 bits per heavy atom. The molecule has 1 aromatic carbocycles. The van der Waals surface area contributed by atoms with Gasteiger partial charge in [-0.3, -0.25) is 4.72 Å². The number of anilines is 2. The van der Waals surface area contributed by atoms with Crippen molar-refractivity contribution < 1.29 is 13.2 Å². The number of nitrogens with one attached hydrogen (secondary N) is 2. The van der Waals surface area contributed by atoms with E-state index in [-0.39, 0.29) is 18.2 Å². The standard InChI is InChI=1S/C14H21ClN2O3S/c1-9-6-12(7-10(2)20-9)16-14-8-11(4-5-13(14)15)17-21(3,18)19/h4-5,8-10,12,16-17H,6-7H2,1-3H3. The lowest BCUT2D eigenvalue weighted by molar-refractivity contribution is -0.0337. The SMILES string of the molecule is CC1CC(Nc2cc(NS(C)(=O)=O)ccc2Cl)CC(C)O1. The van der Waals surface area contributed by atoms with Gasteiger partial charge in [-0.05, 0) is 44.9 Å². The van der Waals surface area contributed by atoms with Crippen LogP contribution in [0, 0.1) is 0 Å². The minimum atomic E-state index is -3.30. The highest BCUT2D eigenvalue weighted by atomic mass is 35.5. The van der Waals surface area contributed by atoms with E-state index in [9.17, 15) is 8.42 Å². The molecule has 2 unspecified atom stereocenters. The molecule has 1 fully saturated rings. The van der Waals surface area contributed by atoms with Crippen LogP contribution in [-0.4, -0.2) is 32.9 Å². The molecule has 2 rings (SSSR count). The number of rotatable bonds is 4. The van der Waals surface area contributed by atoms with Crippen LogP contribution >= 0.6 is 11.6 Å². The Morgan fingerprint density at radius 2 is 1.86 bits per heavy atom. The predicted molar refractivity (Wildman–Crippen MR) is 86.6 cm³/mol. The average molecular weight is 333 g/mol. The van der Waals surface area contributed by atoms with Crippen LogP contribution < -0.4 is 10.0 Å². The second kappa shape index (κ2) is 6.42. The Morgan fingerprint density at radius 1 is 1.24 bits per heavy atom. The molecule has 1 saturated heterocycles. The van der Waals surface area contributed by atoms with Gasteiger partial charge >= 0.3 is 0 Å². The number of halogens is 1. The Bertz CT molecular complexity index is 596. The van der Waals surface area contributed by atoms with E-state index >= 15 is 0 Å². The molecule has 2 N–H and O–H groups in total. The monoisotopic (exact) mass is 332 g/mol. The Hall–Kier alpha value is -0.980. The molecule has 0 bridgehead atoms. The van der Waals surface area contributed by atoms with Crippen LogP contribution in [0.5, 0.6) is 0 Å². The highest BCUT2D eigenvalue weighted by Gasteiger charge is 2.24. The van der Waals surface area contributed by atoms with Gasteiger partial charge in [-0.2, -0.15) is 0 Å². The van der Waals surface area contributed by atoms with Crippen molar-refractivity contribution in [2.75, 3.05) is 16.3 Å². The summed E-state index contributed by atoms with van der Waals surface area (Å²) in [6.45, 7) is 4.10. The molecular weight excluding hydrogens is 312 g/mol. The molecule has 1 aromatic rings. The van der Waals surface area contributed by atoms with Crippen LogP contribution in [0.15, 0.2) is 18.2 Å². The second-order valence-corrected chi connectivity index (χ2v) is 7.79. The van der Waals surface area contributed by atoms with Crippen molar-refractivity contribution in [3.05, 3.63) is 23.2 Å². The molecule has 0 aromatic heterocycles. The first-order valence-corrected chi connectivity index (χ1v) is 9.19. The highest BCUT2D eigenvalue weighted by molar-refractivity contribution is 7.92. The molecule has 1 heterocycles. The Kier molecular flexibility index (Phi) is 5.01. The summed E-state index contributed by atoms with van der Waals surface area (Å²) in [5.74, 6) is 0. The summed E-state index contributed by atoms with van der Waals surface area (Å²) in [6, 6.07) is 5.30. The summed E-state index contributed by atoms with van der Waals surface area (Å²) in [5, 5.41) is 3.96. The normalized spacial score (nSPS) is 26.4. The first-order valence-electron chi connectivity index (χ1n) is 6.92. The van der Waals surface area contributed by atoms with E-state index in [1.165, 1.54) is 0 Å². The minimum Gasteiger partial charge on any atom is -0.381 e. The zero-order valence-corrected chi connectivity index (χ0v) is 14.0. The third kappa shape index (κ3) is 5.05. The minimum absolute atomic E-state index is 0.197. The Labute approximate surface area is 131 Å². The van der Waals surface area contributed by atoms with E-state index in [1.807, 2.05) is 13.8 Å². The summed E-state index contributed by atoms with van der Waals surface area (Å²) in [7, 11) is -3.30. The van der Waals surface area contributed by atoms with Gasteiger partial charge in [0.2, 0.25) is 10.0 Å². The smallest absolute Gasteiger partial charge is 0.229 e. The first-order chi connectivity index (χ1) is 9.73. The molecule has 118 valence electrons. The summed E-state index contributed by atoms with van der Waals surface area (Å²) in [6.07, 6.45) is 3.30. The van der Waals surface area contributed by atoms with Gasteiger partial charge < -0.3 is 10.1 Å². The molecule has 0 amide bonds. The van der Waals surface area contributed by atoms with E-state index in [0.29, 0.717) is 10.7 Å². The summed E-state index contributed by atoms with van der Waals surface area (Å²) >= 11 is 6.19. The lowest BCUT2D eigenvalue weighted by atomic mass is 9.99. The van der Waals surface area contributed by atoms with Crippen LogP contribution in [0.4, 0.5) is 11.4 Å². The van der Waals surface area contributed by atoms with E-state index < -0.39 is 10.0 Å². The zero-order chi connectivity index (χ0) is 15.6. The molecule has 21 heavy (non-hydrogen) atoms. The highest BCUT2D eigenvalue weighted by Crippen LogP contribution is 2.29. The van der Waals surface area contributed by atoms with E-state index in [1.54, 1.807) is 18.2 Å². The van der Waals surface area contributed by atoms with Crippen molar-refractivity contribution in [1.29, 1.82) is 0 Å². The maximum Gasteiger partial charge on any atom is 0.229 e. The molecule has 0 radical (unpaired) electrons. The van der Waals surface area contributed by atoms with Gasteiger partial charge in [0.25, 0.3) is 0 Å². The van der Waals surface area contributed by atoms with Crippen molar-refractivity contribution in [3.63, 3.8) is 0 Å². The maximum atomic E-state index is 11.3. The van der Waals surface area contributed by atoms with Crippen LogP contribution in [-0.2, 0) is 14.8 Å². The van der Waals surface area contributed by atoms with Crippen molar-refractivity contribution in [2.45, 2.75) is 44.9 Å². The van der Waals surface area contributed by atoms with Gasteiger partial charge in [-0.15, -0.1) is 0 Å². The molecule has 7 heteroatoms. The van der Waals surface area contributed by atoms with Crippen molar-refractivity contribution in [1.82, 2.24) is 0 Å². The van der Waals surface area contributed by atoms with E-state index in [4.69, 9.17) is 16.3 Å². The van der Waals surface area contributed by atoms with Crippen LogP contribution in [0.2, 0.25) is 5.02 Å². The fourth-order valence-corrected chi connectivity index (χ4v) is 3.38. The van der Waals surface area contributed by atoms with Crippen molar-refractivity contribution >= 4 is 33.0 Å². The molecule has 5 nitrogen and oxygen atoms in total. The molecule has 1 aliphatic rings. The largest absolute Gasteiger partial charge is 0.381 e. The molecule has 0 spiro atoms. The van der Waals surface area contributed by atoms with E-state index in [2.05, 4.69) is 10.0 Å². The van der Waals surface area contributed by atoms with Crippen molar-refractivity contribution in [2.24, 2.45) is 0 Å². The molecule has 1 aliphatic heterocycles. The molecule has 0 aliphatic carbocycles. The summed E-state index contributed by atoms with van der Waals surface area (Å²) in [4.78, 5) is 0. The first kappa shape index (κ1) is 16.4. The predicted octanol–water partition coefficient (Wildman–Crippen LogP) is 3.08. The van der Waals surface area contributed by atoms with Crippen LogP contribution in [0.3, 0.4) is 0 Å². The van der Waals surface area contributed by atoms with Gasteiger partial charge in [0.1, 0.15) is 0 Å². The third-order valence-electron chi connectivity index (χ3n) is 3.33. The zero-order valence-electron chi connectivity index (χ0n) is 12.4. The lowest BCUT2D eigenvalue weighted by Crippen LogP contribution is -2.36. The lowest BCUT2D eigenvalue weighted by Gasteiger charge is -2.33. The van der Waals surface area contributed by atoms with E-state index in [0.717, 1.165) is 24.8 Å². The molecule has 0 saturated carbocycles. The molecular formula is C14H21ClN2O3S. The van der Waals surface area contributed by atoms with Gasteiger partial charge in [0.05, 0.1) is 34.9 Å². The van der Waals surface area contributed by atoms with Crippen molar-refractivity contribution in [3.8, 4) is 0 Å². The topological polar surface area (TPSA) is 67.4 Å². The quantitative estimate of drug-likeness (QED) is 0.889. The summed E-state index contributed by atoms with van der Waals surface area (Å²) in [5.41, 5.74) is 1.23. The third-order valence-corrected chi connectivity index (χ3v) is 4.26. The van der Waals surface area contributed by atoms with Crippen LogP contribution in [0.25, 0.3) is 0 Å². The van der Waals surface area contributed by atoms with Gasteiger partial charge in [-0.25, -0.2) is 8.42 Å². The summed E-state index contributed by atoms with van der Waals surface area (Å²) < 4.78 is 30.7. The number of hydrogen-bond donors (Lipinski definition) is 2. The average Bonchev–Trinajstić information content (AvgIpc) is 2.30. The number of sulfonamides is 1. The number of hydrogen-bond acceptors (Lipinski definition) is 4. The Balaban J connectivity index is 2.13.